The van der Waals surface area contributed by atoms with Crippen LogP contribution in [0.25, 0.3) is 45.6 Å². The Morgan fingerprint density at radius 2 is 0.752 bits per heavy atom. The van der Waals surface area contributed by atoms with Crippen LogP contribution in [-0.4, -0.2) is 270 Å². The maximum atomic E-state index is 13.1. The number of morpholine rings is 4. The largest absolute Gasteiger partial charge is 0.497 e. The zero-order chi connectivity index (χ0) is 80.9. The van der Waals surface area contributed by atoms with Crippen LogP contribution in [0, 0.1) is 20.8 Å². The molecule has 13 heterocycles. The van der Waals surface area contributed by atoms with Gasteiger partial charge >= 0.3 is 0 Å². The number of nitrogens with zero attached hydrogens (tertiary/aromatic N) is 19. The number of rotatable bonds is 18. The normalized spacial score (nSPS) is 19.8. The van der Waals surface area contributed by atoms with Crippen LogP contribution in [0.1, 0.15) is 51.7 Å². The third kappa shape index (κ3) is 23.6. The van der Waals surface area contributed by atoms with E-state index in [1.807, 2.05) is 76.2 Å². The molecule has 0 bridgehead atoms. The molecule has 6 saturated heterocycles. The van der Waals surface area contributed by atoms with E-state index in [0.717, 1.165) is 81.4 Å². The van der Waals surface area contributed by atoms with Gasteiger partial charge in [0.2, 0.25) is 11.8 Å². The van der Waals surface area contributed by atoms with Crippen molar-refractivity contribution in [3.05, 3.63) is 107 Å². The van der Waals surface area contributed by atoms with E-state index in [1.165, 1.54) is 0 Å². The Bertz CT molecular complexity index is 5210. The van der Waals surface area contributed by atoms with E-state index in [9.17, 15) is 16.8 Å². The number of pyridine rings is 3. The molecule has 1 aromatic carbocycles. The zero-order valence-corrected chi connectivity index (χ0v) is 70.9. The van der Waals surface area contributed by atoms with Crippen molar-refractivity contribution in [2.24, 2.45) is 17.5 Å². The monoisotopic (exact) mass is 1650 g/mol. The van der Waals surface area contributed by atoms with Gasteiger partial charge in [-0.2, -0.15) is 17.5 Å². The molecule has 6 atom stereocenters. The molecule has 0 N–H and O–H groups in total. The van der Waals surface area contributed by atoms with Crippen LogP contribution in [0.5, 0.6) is 17.5 Å². The van der Waals surface area contributed by atoms with E-state index < -0.39 is 38.9 Å². The molecular formula is C76H102ClN19O13S4. The number of ether oxygens (including phenoxy) is 9. The number of aryl methyl sites for hydroxylation is 3. The number of hydrogen-bond donors (Lipinski definition) is 0. The van der Waals surface area contributed by atoms with Crippen LogP contribution in [-0.2, 0) is 67.3 Å². The average molecular weight is 1650 g/mol. The highest BCUT2D eigenvalue weighted by atomic mass is 35.5. The first-order chi connectivity index (χ1) is 53.8. The van der Waals surface area contributed by atoms with E-state index in [0.29, 0.717) is 162 Å². The van der Waals surface area contributed by atoms with Gasteiger partial charge in [0.1, 0.15) is 34.2 Å². The van der Waals surface area contributed by atoms with E-state index >= 15 is 0 Å². The topological polar surface area (TPSA) is 356 Å². The summed E-state index contributed by atoms with van der Waals surface area (Å²) in [7, 11) is -6.45. The van der Waals surface area contributed by atoms with E-state index in [-0.39, 0.29) is 34.7 Å². The Kier molecular flexibility index (Phi) is 28.5. The van der Waals surface area contributed by atoms with Crippen LogP contribution < -0.4 is 33.8 Å². The third-order valence-electron chi connectivity index (χ3n) is 18.5. The Morgan fingerprint density at radius 1 is 0.407 bits per heavy atom. The lowest BCUT2D eigenvalue weighted by Crippen LogP contribution is -2.44. The average Bonchev–Trinajstić information content (AvgIpc) is 0.797. The molecule has 0 aliphatic carbocycles. The van der Waals surface area contributed by atoms with Gasteiger partial charge in [0.15, 0.2) is 46.6 Å². The van der Waals surface area contributed by atoms with Gasteiger partial charge in [-0.05, 0) is 91.8 Å². The van der Waals surface area contributed by atoms with Gasteiger partial charge in [-0.3, -0.25) is 0 Å². The predicted octanol–water partition coefficient (Wildman–Crippen LogP) is 10.6. The maximum Gasteiger partial charge on any atom is 0.214 e. The van der Waals surface area contributed by atoms with Gasteiger partial charge in [0.25, 0.3) is 0 Å². The summed E-state index contributed by atoms with van der Waals surface area (Å²) in [6, 6.07) is 26.4. The molecule has 37 heteroatoms. The van der Waals surface area contributed by atoms with Gasteiger partial charge in [0, 0.05) is 159 Å². The van der Waals surface area contributed by atoms with E-state index in [1.54, 1.807) is 88.2 Å². The fourth-order valence-electron chi connectivity index (χ4n) is 12.5. The lowest BCUT2D eigenvalue weighted by Gasteiger charge is -2.34. The molecule has 0 spiro atoms. The summed E-state index contributed by atoms with van der Waals surface area (Å²) in [4.78, 5) is 58.9. The molecule has 6 aliphatic heterocycles. The highest BCUT2D eigenvalue weighted by Gasteiger charge is 2.32. The van der Waals surface area contributed by atoms with Gasteiger partial charge in [0.05, 0.1) is 154 Å². The van der Waals surface area contributed by atoms with Crippen molar-refractivity contribution >= 4 is 97.1 Å². The van der Waals surface area contributed by atoms with Crippen molar-refractivity contribution < 1.29 is 59.5 Å². The first-order valence-electron chi connectivity index (χ1n) is 37.1. The number of hydrogen-bond acceptors (Lipinski definition) is 32. The molecule has 14 rings (SSSR count). The number of benzene rings is 1. The van der Waals surface area contributed by atoms with Crippen molar-refractivity contribution in [2.75, 3.05) is 183 Å². The highest BCUT2D eigenvalue weighted by molar-refractivity contribution is 7.94. The Hall–Kier alpha value is -8.56. The molecule has 6 fully saturated rings. The molecule has 8 aromatic rings. The zero-order valence-electron chi connectivity index (χ0n) is 66.9. The minimum atomic E-state index is -2.48. The summed E-state index contributed by atoms with van der Waals surface area (Å²) in [5.74, 6) is 8.35. The van der Waals surface area contributed by atoms with Crippen LogP contribution in [0.15, 0.2) is 102 Å². The summed E-state index contributed by atoms with van der Waals surface area (Å²) in [6.45, 7) is 26.2. The van der Waals surface area contributed by atoms with Gasteiger partial charge < -0.3 is 62.2 Å². The van der Waals surface area contributed by atoms with Crippen molar-refractivity contribution in [1.82, 2.24) is 54.8 Å². The second-order valence-electron chi connectivity index (χ2n) is 28.7. The van der Waals surface area contributed by atoms with Crippen LogP contribution >= 0.6 is 11.6 Å². The third-order valence-corrected chi connectivity index (χ3v) is 24.0. The predicted molar refractivity (Wildman–Crippen MR) is 443 cm³/mol. The molecule has 0 radical (unpaired) electrons. The number of methoxy groups -OCH3 is 2. The lowest BCUT2D eigenvalue weighted by atomic mass is 10.2. The SMILES string of the molecule is CCOc1cc(-c2nc(N=S(C)(C)=O)cc(N3CCOC[C@H]3C)n2)cc(C)n1.COc1cc(-c2nc(N=S(C)(=O)C3COC3)cc(N3CCOC[C@H]3C)n2)cc(C)n1.COc1cccc(-c2nc(N=S(C)(C)=O)cc(N3CCOC[C@H]3C)n2)c1.Cc1cc(-c2nc(N=S(C)(=O)C3COC3)cc(N3CCOC[C@H]3C)n2)cc(Cl)n1. The molecule has 0 amide bonds. The standard InChI is InChI=1S/C20H27N5O4S.C19H24ClN5O3S.C19H27N5O3S.C18H24N4O3S/c1-13-7-15(8-19(21-13)27-3)20-22-17(24-30(4,26)16-11-29-12-16)9-18(23-20)25-5-6-28-10-14(25)2;1-12-6-14(7-16(20)21-12)19-22-17(24-29(3,26)15-10-28-11-15)8-18(23-19)25-4-5-27-9-13(25)2;1-6-27-18-10-15(9-13(2)20-18)19-21-16(23-28(4,5)25)11-17(22-19)24-7-8-26-12-14(24)3;1-13-12-25-9-8-22(13)17-11-16(21-26(3,4)23)19-18(20-17)14-6-5-7-15(10-14)24-2/h7-9,14,16H,5-6,10-12H2,1-4H3;6-8,13,15H,4-5,9-11H2,1-3H3;9-11,14H,6-8,12H2,1-5H3;5-7,10-11,13H,8-9,12H2,1-4H3/t14-,30?;13-,29?;14-;13-/m1111/s1. The van der Waals surface area contributed by atoms with Crippen LogP contribution in [0.3, 0.4) is 0 Å². The molecule has 7 aromatic heterocycles. The Labute approximate surface area is 668 Å². The van der Waals surface area contributed by atoms with Crippen molar-refractivity contribution in [3.8, 4) is 63.1 Å². The smallest absolute Gasteiger partial charge is 0.214 e. The summed E-state index contributed by atoms with van der Waals surface area (Å²) in [6.07, 6.45) is 9.70. The fourth-order valence-corrected chi connectivity index (χ4v) is 16.5. The minimum absolute atomic E-state index is 0.0788. The molecule has 32 nitrogen and oxygen atoms in total. The molecule has 113 heavy (non-hydrogen) atoms. The van der Waals surface area contributed by atoms with E-state index in [4.69, 9.17) is 74.2 Å². The van der Waals surface area contributed by atoms with Crippen molar-refractivity contribution in [3.63, 3.8) is 0 Å². The summed E-state index contributed by atoms with van der Waals surface area (Å²) >= 11 is 6.15. The van der Waals surface area contributed by atoms with Gasteiger partial charge in [-0.1, -0.05) is 23.7 Å². The van der Waals surface area contributed by atoms with Crippen LogP contribution in [0.4, 0.5) is 46.5 Å². The molecule has 0 saturated carbocycles. The fraction of sp³-hybridized carbons (Fsp3) is 0.513. The van der Waals surface area contributed by atoms with Gasteiger partial charge in [-0.25, -0.2) is 71.7 Å². The maximum absolute atomic E-state index is 13.1. The van der Waals surface area contributed by atoms with Crippen molar-refractivity contribution in [1.29, 1.82) is 0 Å². The summed E-state index contributed by atoms with van der Waals surface area (Å²) in [5.41, 5.74) is 5.50. The Morgan fingerprint density at radius 3 is 1.08 bits per heavy atom. The first kappa shape index (κ1) is 85.3. The second-order valence-corrected chi connectivity index (χ2v) is 39.4. The molecule has 6 aliphatic rings. The van der Waals surface area contributed by atoms with Crippen LogP contribution in [0.2, 0.25) is 5.15 Å². The number of halogens is 1. The number of aromatic nitrogens is 11. The second kappa shape index (κ2) is 37.8. The first-order valence-corrected chi connectivity index (χ1v) is 46.1. The quantitative estimate of drug-likeness (QED) is 0.0720. The van der Waals surface area contributed by atoms with Gasteiger partial charge in [-0.15, -0.1) is 0 Å². The van der Waals surface area contributed by atoms with E-state index in [2.05, 4.69) is 99.6 Å². The lowest BCUT2D eigenvalue weighted by molar-refractivity contribution is 0.0430. The summed E-state index contributed by atoms with van der Waals surface area (Å²) < 4.78 is 117. The minimum Gasteiger partial charge on any atom is -0.497 e. The Balaban J connectivity index is 0.000000149. The molecular weight excluding hydrogens is 1550 g/mol. The molecule has 2 unspecified atom stereocenters. The summed E-state index contributed by atoms with van der Waals surface area (Å²) in [5, 5.41) is 0.215. The number of anilines is 4. The van der Waals surface area contributed by atoms with Crippen molar-refractivity contribution in [2.45, 2.75) is 90.1 Å². The molecule has 610 valence electrons. The highest BCUT2D eigenvalue weighted by Crippen LogP contribution is 2.35.